The zero-order valence-corrected chi connectivity index (χ0v) is 15.0. The standard InChI is InChI=1S/C20H27N3O2/c1-15-13-23(14-16-6-4-3-5-7-16)11-10-18(15)22(2)20(24)19-9-8-17(12-21)25-19/h3-9,15,18H,10-14,21H2,1-2H3/t15-,18-/m0/s1. The van der Waals surface area contributed by atoms with E-state index >= 15 is 0 Å². The van der Waals surface area contributed by atoms with Crippen LogP contribution in [0.15, 0.2) is 46.9 Å². The summed E-state index contributed by atoms with van der Waals surface area (Å²) in [7, 11) is 1.88. The van der Waals surface area contributed by atoms with Crippen LogP contribution in [0.2, 0.25) is 0 Å². The summed E-state index contributed by atoms with van der Waals surface area (Å²) in [6.07, 6.45) is 0.973. The van der Waals surface area contributed by atoms with Gasteiger partial charge in [0.15, 0.2) is 5.76 Å². The molecule has 3 rings (SSSR count). The maximum Gasteiger partial charge on any atom is 0.289 e. The van der Waals surface area contributed by atoms with Crippen LogP contribution in [-0.4, -0.2) is 41.9 Å². The van der Waals surface area contributed by atoms with Crippen molar-refractivity contribution in [1.29, 1.82) is 0 Å². The highest BCUT2D eigenvalue weighted by Gasteiger charge is 2.32. The molecule has 25 heavy (non-hydrogen) atoms. The first-order valence-corrected chi connectivity index (χ1v) is 8.90. The molecule has 5 nitrogen and oxygen atoms in total. The lowest BCUT2D eigenvalue weighted by Gasteiger charge is -2.41. The van der Waals surface area contributed by atoms with E-state index in [0.717, 1.165) is 26.1 Å². The third-order valence-electron chi connectivity index (χ3n) is 5.08. The van der Waals surface area contributed by atoms with Crippen LogP contribution in [0.3, 0.4) is 0 Å². The topological polar surface area (TPSA) is 62.7 Å². The van der Waals surface area contributed by atoms with E-state index in [1.165, 1.54) is 5.56 Å². The van der Waals surface area contributed by atoms with Gasteiger partial charge in [0.1, 0.15) is 5.76 Å². The van der Waals surface area contributed by atoms with Crippen molar-refractivity contribution in [2.45, 2.75) is 32.5 Å². The third kappa shape index (κ3) is 4.11. The lowest BCUT2D eigenvalue weighted by atomic mass is 9.92. The lowest BCUT2D eigenvalue weighted by Crippen LogP contribution is -2.50. The van der Waals surface area contributed by atoms with Crippen LogP contribution >= 0.6 is 0 Å². The number of hydrogen-bond donors (Lipinski definition) is 1. The molecule has 1 aliphatic heterocycles. The molecule has 0 unspecified atom stereocenters. The highest BCUT2D eigenvalue weighted by molar-refractivity contribution is 5.91. The van der Waals surface area contributed by atoms with Crippen LogP contribution in [0.4, 0.5) is 0 Å². The molecular weight excluding hydrogens is 314 g/mol. The molecule has 0 aliphatic carbocycles. The van der Waals surface area contributed by atoms with Gasteiger partial charge < -0.3 is 15.1 Å². The molecule has 0 saturated carbocycles. The Bertz CT molecular complexity index is 698. The zero-order chi connectivity index (χ0) is 17.8. The van der Waals surface area contributed by atoms with Crippen molar-refractivity contribution in [3.63, 3.8) is 0 Å². The molecule has 0 radical (unpaired) electrons. The summed E-state index contributed by atoms with van der Waals surface area (Å²) in [5, 5.41) is 0. The first-order valence-electron chi connectivity index (χ1n) is 8.90. The Morgan fingerprint density at radius 3 is 2.68 bits per heavy atom. The molecule has 134 valence electrons. The van der Waals surface area contributed by atoms with E-state index in [1.54, 1.807) is 12.1 Å². The fraction of sp³-hybridized carbons (Fsp3) is 0.450. The molecule has 2 heterocycles. The third-order valence-corrected chi connectivity index (χ3v) is 5.08. The fourth-order valence-corrected chi connectivity index (χ4v) is 3.71. The maximum absolute atomic E-state index is 12.7. The number of amides is 1. The predicted molar refractivity (Wildman–Crippen MR) is 98.0 cm³/mol. The minimum absolute atomic E-state index is 0.0620. The van der Waals surface area contributed by atoms with Crippen LogP contribution in [0.25, 0.3) is 0 Å². The van der Waals surface area contributed by atoms with E-state index < -0.39 is 0 Å². The van der Waals surface area contributed by atoms with Gasteiger partial charge in [-0.05, 0) is 30.0 Å². The number of carbonyl (C=O) groups is 1. The van der Waals surface area contributed by atoms with Crippen molar-refractivity contribution in [2.75, 3.05) is 20.1 Å². The largest absolute Gasteiger partial charge is 0.455 e. The fourth-order valence-electron chi connectivity index (χ4n) is 3.71. The SMILES string of the molecule is C[C@H]1CN(Cc2ccccc2)CC[C@@H]1N(C)C(=O)c1ccc(CN)o1. The van der Waals surface area contributed by atoms with Gasteiger partial charge in [0, 0.05) is 32.7 Å². The number of carbonyl (C=O) groups excluding carboxylic acids is 1. The van der Waals surface area contributed by atoms with E-state index in [4.69, 9.17) is 10.2 Å². The Morgan fingerprint density at radius 2 is 2.04 bits per heavy atom. The molecule has 1 amide bonds. The van der Waals surface area contributed by atoms with Gasteiger partial charge in [0.05, 0.1) is 6.54 Å². The normalized spacial score (nSPS) is 21.2. The molecule has 1 aliphatic rings. The van der Waals surface area contributed by atoms with Crippen LogP contribution in [0, 0.1) is 5.92 Å². The summed E-state index contributed by atoms with van der Waals surface area (Å²) in [6, 6.07) is 14.3. The van der Waals surface area contributed by atoms with Crippen LogP contribution in [-0.2, 0) is 13.1 Å². The summed E-state index contributed by atoms with van der Waals surface area (Å²) in [6.45, 7) is 5.48. The van der Waals surface area contributed by atoms with Gasteiger partial charge in [0.25, 0.3) is 5.91 Å². The van der Waals surface area contributed by atoms with E-state index in [-0.39, 0.29) is 11.9 Å². The summed E-state index contributed by atoms with van der Waals surface area (Å²) < 4.78 is 5.52. The second-order valence-corrected chi connectivity index (χ2v) is 6.94. The van der Waals surface area contributed by atoms with Crippen molar-refractivity contribution in [2.24, 2.45) is 11.7 Å². The first-order chi connectivity index (χ1) is 12.1. The average molecular weight is 341 g/mol. The molecule has 2 atom stereocenters. The summed E-state index contributed by atoms with van der Waals surface area (Å²) in [5.74, 6) is 1.37. The molecular formula is C20H27N3O2. The number of furan rings is 1. The number of hydrogen-bond acceptors (Lipinski definition) is 4. The van der Waals surface area contributed by atoms with E-state index in [9.17, 15) is 4.79 Å². The smallest absolute Gasteiger partial charge is 0.289 e. The molecule has 1 aromatic carbocycles. The number of piperidine rings is 1. The Kier molecular flexibility index (Phi) is 5.56. The molecule has 5 heteroatoms. The number of benzene rings is 1. The van der Waals surface area contributed by atoms with Gasteiger partial charge in [-0.25, -0.2) is 0 Å². The van der Waals surface area contributed by atoms with Crippen LogP contribution < -0.4 is 5.73 Å². The molecule has 2 aromatic rings. The molecule has 0 bridgehead atoms. The summed E-state index contributed by atoms with van der Waals surface area (Å²) in [4.78, 5) is 17.0. The number of nitrogens with zero attached hydrogens (tertiary/aromatic N) is 2. The van der Waals surface area contributed by atoms with Crippen molar-refractivity contribution in [1.82, 2.24) is 9.80 Å². The Labute approximate surface area is 149 Å². The monoisotopic (exact) mass is 341 g/mol. The molecule has 1 saturated heterocycles. The highest BCUT2D eigenvalue weighted by Crippen LogP contribution is 2.24. The van der Waals surface area contributed by atoms with Crippen LogP contribution in [0.5, 0.6) is 0 Å². The molecule has 2 N–H and O–H groups in total. The maximum atomic E-state index is 12.7. The van der Waals surface area contributed by atoms with Gasteiger partial charge >= 0.3 is 0 Å². The highest BCUT2D eigenvalue weighted by atomic mass is 16.4. The average Bonchev–Trinajstić information content (AvgIpc) is 3.11. The van der Waals surface area contributed by atoms with Gasteiger partial charge in [-0.2, -0.15) is 0 Å². The molecule has 1 aromatic heterocycles. The van der Waals surface area contributed by atoms with E-state index in [0.29, 0.717) is 24.0 Å². The van der Waals surface area contributed by atoms with Crippen molar-refractivity contribution in [3.05, 3.63) is 59.5 Å². The lowest BCUT2D eigenvalue weighted by molar-refractivity contribution is 0.0470. The van der Waals surface area contributed by atoms with Gasteiger partial charge in [-0.1, -0.05) is 37.3 Å². The quantitative estimate of drug-likeness (QED) is 0.908. The summed E-state index contributed by atoms with van der Waals surface area (Å²) in [5.41, 5.74) is 6.89. The van der Waals surface area contributed by atoms with E-state index in [2.05, 4.69) is 36.1 Å². The van der Waals surface area contributed by atoms with Crippen molar-refractivity contribution < 1.29 is 9.21 Å². The van der Waals surface area contributed by atoms with Crippen molar-refractivity contribution in [3.8, 4) is 0 Å². The first kappa shape index (κ1) is 17.7. The Balaban J connectivity index is 1.59. The van der Waals surface area contributed by atoms with E-state index in [1.807, 2.05) is 18.0 Å². The number of nitrogens with two attached hydrogens (primary N) is 1. The molecule has 0 spiro atoms. The molecule has 1 fully saturated rings. The number of rotatable bonds is 5. The minimum Gasteiger partial charge on any atom is -0.455 e. The Hall–Kier alpha value is -2.11. The predicted octanol–water partition coefficient (Wildman–Crippen LogP) is 2.72. The minimum atomic E-state index is -0.0620. The van der Waals surface area contributed by atoms with Crippen LogP contribution in [0.1, 0.15) is 35.2 Å². The zero-order valence-electron chi connectivity index (χ0n) is 15.0. The summed E-state index contributed by atoms with van der Waals surface area (Å²) >= 11 is 0. The second-order valence-electron chi connectivity index (χ2n) is 6.94. The number of likely N-dealkylation sites (tertiary alicyclic amines) is 1. The van der Waals surface area contributed by atoms with Crippen molar-refractivity contribution >= 4 is 5.91 Å². The second kappa shape index (κ2) is 7.85. The van der Waals surface area contributed by atoms with Gasteiger partial charge in [-0.3, -0.25) is 9.69 Å². The van der Waals surface area contributed by atoms with Gasteiger partial charge in [-0.15, -0.1) is 0 Å². The Morgan fingerprint density at radius 1 is 1.28 bits per heavy atom. The van der Waals surface area contributed by atoms with Gasteiger partial charge in [0.2, 0.25) is 0 Å².